The third kappa shape index (κ3) is 2.66. The molecule has 3 aliphatic rings. The zero-order valence-corrected chi connectivity index (χ0v) is 14.3. The normalized spacial score (nSPS) is 34.3. The van der Waals surface area contributed by atoms with Crippen molar-refractivity contribution in [3.63, 3.8) is 0 Å². The maximum absolute atomic E-state index is 4.79. The van der Waals surface area contributed by atoms with Crippen LogP contribution in [0, 0.1) is 25.7 Å². The summed E-state index contributed by atoms with van der Waals surface area (Å²) in [4.78, 5) is 8.94. The van der Waals surface area contributed by atoms with Gasteiger partial charge in [0.2, 0.25) is 0 Å². The fourth-order valence-corrected chi connectivity index (χ4v) is 4.85. The van der Waals surface area contributed by atoms with Gasteiger partial charge in [0.25, 0.3) is 0 Å². The van der Waals surface area contributed by atoms with E-state index in [0.717, 1.165) is 24.4 Å². The summed E-state index contributed by atoms with van der Waals surface area (Å²) in [6.45, 7) is 10.3. The molecule has 2 atom stereocenters. The number of hydrogen-bond acceptors (Lipinski definition) is 4. The molecule has 21 heavy (non-hydrogen) atoms. The van der Waals surface area contributed by atoms with Crippen molar-refractivity contribution < 1.29 is 0 Å². The van der Waals surface area contributed by atoms with Crippen molar-refractivity contribution in [2.45, 2.75) is 64.6 Å². The second kappa shape index (κ2) is 5.04. The Morgan fingerprint density at radius 3 is 2.62 bits per heavy atom. The van der Waals surface area contributed by atoms with E-state index in [0.29, 0.717) is 5.54 Å². The van der Waals surface area contributed by atoms with E-state index in [1.54, 1.807) is 0 Å². The van der Waals surface area contributed by atoms with E-state index in [-0.39, 0.29) is 0 Å². The summed E-state index contributed by atoms with van der Waals surface area (Å²) in [7, 11) is 0. The van der Waals surface area contributed by atoms with Gasteiger partial charge < -0.3 is 5.32 Å². The van der Waals surface area contributed by atoms with Gasteiger partial charge in [0.05, 0.1) is 12.2 Å². The van der Waals surface area contributed by atoms with Crippen LogP contribution in [0.3, 0.4) is 0 Å². The molecule has 2 unspecified atom stereocenters. The summed E-state index contributed by atoms with van der Waals surface area (Å²) < 4.78 is 0. The molecule has 4 rings (SSSR count). The minimum absolute atomic E-state index is 0.346. The van der Waals surface area contributed by atoms with Gasteiger partial charge >= 0.3 is 0 Å². The lowest BCUT2D eigenvalue weighted by atomic mass is 9.88. The van der Waals surface area contributed by atoms with Crippen LogP contribution in [0.5, 0.6) is 0 Å². The van der Waals surface area contributed by atoms with E-state index in [4.69, 9.17) is 4.98 Å². The van der Waals surface area contributed by atoms with Gasteiger partial charge in [0, 0.05) is 29.5 Å². The van der Waals surface area contributed by atoms with Crippen molar-refractivity contribution in [3.8, 4) is 0 Å². The van der Waals surface area contributed by atoms with Crippen molar-refractivity contribution in [2.75, 3.05) is 13.1 Å². The fourth-order valence-electron chi connectivity index (χ4n) is 3.90. The zero-order chi connectivity index (χ0) is 14.6. The molecule has 0 amide bonds. The third-order valence-corrected chi connectivity index (χ3v) is 6.97. The Kier molecular flexibility index (Phi) is 3.40. The molecule has 1 aliphatic heterocycles. The number of aryl methyl sites for hydroxylation is 2. The monoisotopic (exact) mass is 305 g/mol. The highest BCUT2D eigenvalue weighted by molar-refractivity contribution is 7.11. The van der Waals surface area contributed by atoms with E-state index < -0.39 is 0 Å². The highest BCUT2D eigenvalue weighted by Crippen LogP contribution is 2.46. The number of nitrogens with one attached hydrogen (secondary N) is 1. The summed E-state index contributed by atoms with van der Waals surface area (Å²) in [6.07, 6.45) is 5.69. The van der Waals surface area contributed by atoms with E-state index in [1.807, 2.05) is 11.3 Å². The van der Waals surface area contributed by atoms with E-state index in [2.05, 4.69) is 31.0 Å². The molecular formula is C17H27N3S. The van der Waals surface area contributed by atoms with Crippen LogP contribution >= 0.6 is 11.3 Å². The molecule has 0 aromatic carbocycles. The van der Waals surface area contributed by atoms with E-state index >= 15 is 0 Å². The Bertz CT molecular complexity index is 513. The van der Waals surface area contributed by atoms with Crippen LogP contribution in [0.4, 0.5) is 0 Å². The third-order valence-electron chi connectivity index (χ3n) is 5.91. The summed E-state index contributed by atoms with van der Waals surface area (Å²) in [6, 6.07) is 0.721. The maximum atomic E-state index is 4.79. The highest BCUT2D eigenvalue weighted by atomic mass is 32.1. The van der Waals surface area contributed by atoms with E-state index in [9.17, 15) is 0 Å². The summed E-state index contributed by atoms with van der Waals surface area (Å²) in [5.74, 6) is 1.84. The van der Waals surface area contributed by atoms with Crippen molar-refractivity contribution >= 4 is 11.3 Å². The second-order valence-electron chi connectivity index (χ2n) is 7.59. The van der Waals surface area contributed by atoms with Crippen LogP contribution in [0.15, 0.2) is 0 Å². The molecule has 0 spiro atoms. The van der Waals surface area contributed by atoms with E-state index in [1.165, 1.54) is 54.4 Å². The zero-order valence-electron chi connectivity index (χ0n) is 13.5. The molecule has 1 aromatic heterocycles. The molecule has 3 fully saturated rings. The molecule has 3 nitrogen and oxygen atoms in total. The van der Waals surface area contributed by atoms with Crippen molar-refractivity contribution in [1.29, 1.82) is 0 Å². The molecule has 0 bridgehead atoms. The van der Waals surface area contributed by atoms with Gasteiger partial charge in [-0.3, -0.25) is 4.90 Å². The minimum atomic E-state index is 0.346. The lowest BCUT2D eigenvalue weighted by molar-refractivity contribution is 0.0234. The molecule has 0 radical (unpaired) electrons. The summed E-state index contributed by atoms with van der Waals surface area (Å²) in [5, 5.41) is 5.18. The van der Waals surface area contributed by atoms with Gasteiger partial charge in [-0.05, 0) is 58.3 Å². The molecule has 2 heterocycles. The number of thiazole rings is 1. The maximum Gasteiger partial charge on any atom is 0.107 e. The van der Waals surface area contributed by atoms with Gasteiger partial charge in [-0.2, -0.15) is 0 Å². The standard InChI is InChI=1S/C17H27N3S/c1-11-12(2)21-16(19-11)9-20-8-15(13-4-5-13)18-10-17(20,3)14-6-7-14/h13-15,18H,4-10H2,1-3H3. The number of piperazine rings is 1. The number of aromatic nitrogens is 1. The van der Waals surface area contributed by atoms with Crippen LogP contribution in [-0.4, -0.2) is 34.6 Å². The van der Waals surface area contributed by atoms with Crippen LogP contribution in [0.25, 0.3) is 0 Å². The number of nitrogens with zero attached hydrogens (tertiary/aromatic N) is 2. The molecule has 2 aliphatic carbocycles. The van der Waals surface area contributed by atoms with Gasteiger partial charge in [-0.1, -0.05) is 0 Å². The average Bonchev–Trinajstić information content (AvgIpc) is 3.33. The lowest BCUT2D eigenvalue weighted by Crippen LogP contribution is -2.64. The molecule has 4 heteroatoms. The minimum Gasteiger partial charge on any atom is -0.311 e. The largest absolute Gasteiger partial charge is 0.311 e. The first-order valence-corrected chi connectivity index (χ1v) is 9.29. The van der Waals surface area contributed by atoms with Crippen LogP contribution in [0.2, 0.25) is 0 Å². The molecule has 116 valence electrons. The Morgan fingerprint density at radius 2 is 2.05 bits per heavy atom. The Labute approximate surface area is 132 Å². The number of rotatable bonds is 4. The summed E-state index contributed by atoms with van der Waals surface area (Å²) >= 11 is 1.89. The molecule has 1 aromatic rings. The van der Waals surface area contributed by atoms with Crippen molar-refractivity contribution in [1.82, 2.24) is 15.2 Å². The summed E-state index contributed by atoms with van der Waals surface area (Å²) in [5.41, 5.74) is 1.57. The topological polar surface area (TPSA) is 28.2 Å². The quantitative estimate of drug-likeness (QED) is 0.926. The lowest BCUT2D eigenvalue weighted by Gasteiger charge is -2.48. The predicted octanol–water partition coefficient (Wildman–Crippen LogP) is 3.11. The smallest absolute Gasteiger partial charge is 0.107 e. The molecule has 1 saturated heterocycles. The van der Waals surface area contributed by atoms with Crippen LogP contribution in [0.1, 0.15) is 48.2 Å². The van der Waals surface area contributed by atoms with Gasteiger partial charge in [0.15, 0.2) is 0 Å². The molecule has 1 N–H and O–H groups in total. The van der Waals surface area contributed by atoms with Crippen molar-refractivity contribution in [3.05, 3.63) is 15.6 Å². The predicted molar refractivity (Wildman–Crippen MR) is 87.6 cm³/mol. The van der Waals surface area contributed by atoms with Crippen LogP contribution < -0.4 is 5.32 Å². The fraction of sp³-hybridized carbons (Fsp3) is 0.824. The number of hydrogen-bond donors (Lipinski definition) is 1. The van der Waals surface area contributed by atoms with Gasteiger partial charge in [-0.15, -0.1) is 11.3 Å². The average molecular weight is 305 g/mol. The van der Waals surface area contributed by atoms with Crippen LogP contribution in [-0.2, 0) is 6.54 Å². The SMILES string of the molecule is Cc1nc(CN2CC(C3CC3)NCC2(C)C2CC2)sc1C. The Morgan fingerprint density at radius 1 is 1.29 bits per heavy atom. The van der Waals surface area contributed by atoms with Gasteiger partial charge in [0.1, 0.15) is 5.01 Å². The first-order valence-electron chi connectivity index (χ1n) is 8.47. The second-order valence-corrected chi connectivity index (χ2v) is 8.87. The Hall–Kier alpha value is -0.450. The first-order chi connectivity index (χ1) is 10.1. The molecule has 2 saturated carbocycles. The molecular weight excluding hydrogens is 278 g/mol. The van der Waals surface area contributed by atoms with Gasteiger partial charge in [-0.25, -0.2) is 4.98 Å². The highest BCUT2D eigenvalue weighted by Gasteiger charge is 2.50. The Balaban J connectivity index is 1.54. The van der Waals surface area contributed by atoms with Crippen molar-refractivity contribution in [2.24, 2.45) is 11.8 Å². The first kappa shape index (κ1) is 14.2.